The highest BCUT2D eigenvalue weighted by Crippen LogP contribution is 2.47. The topological polar surface area (TPSA) is 55.4 Å². The molecule has 1 aromatic carbocycles. The third-order valence-electron chi connectivity index (χ3n) is 3.56. The molecule has 20 heavy (non-hydrogen) atoms. The van der Waals surface area contributed by atoms with Crippen LogP contribution in [-0.4, -0.2) is 24.5 Å². The lowest BCUT2D eigenvalue weighted by Crippen LogP contribution is -2.51. The summed E-state index contributed by atoms with van der Waals surface area (Å²) in [4.78, 5) is 23.7. The van der Waals surface area contributed by atoms with Crippen molar-refractivity contribution in [3.63, 3.8) is 0 Å². The van der Waals surface area contributed by atoms with Gasteiger partial charge in [0.15, 0.2) is 0 Å². The van der Waals surface area contributed by atoms with Crippen LogP contribution in [0.4, 0.5) is 0 Å². The third kappa shape index (κ3) is 3.20. The Kier molecular flexibility index (Phi) is 4.18. The fourth-order valence-electron chi connectivity index (χ4n) is 2.27. The molecule has 1 aliphatic carbocycles. The van der Waals surface area contributed by atoms with Crippen molar-refractivity contribution in [2.75, 3.05) is 7.11 Å². The van der Waals surface area contributed by atoms with Crippen LogP contribution in [0.1, 0.15) is 31.7 Å². The highest BCUT2D eigenvalue weighted by molar-refractivity contribution is 9.10. The Morgan fingerprint density at radius 3 is 2.45 bits per heavy atom. The first-order valence-corrected chi connectivity index (χ1v) is 7.30. The summed E-state index contributed by atoms with van der Waals surface area (Å²) in [6, 6.07) is 7.99. The largest absolute Gasteiger partial charge is 0.467 e. The van der Waals surface area contributed by atoms with Gasteiger partial charge in [-0.2, -0.15) is 0 Å². The number of benzene rings is 1. The fraction of sp³-hybridized carbons (Fsp3) is 0.467. The number of esters is 1. The van der Waals surface area contributed by atoms with Crippen molar-refractivity contribution in [3.05, 3.63) is 34.3 Å². The van der Waals surface area contributed by atoms with Gasteiger partial charge in [-0.05, 0) is 43.9 Å². The number of hydrogen-bond donors (Lipinski definition) is 1. The van der Waals surface area contributed by atoms with Crippen LogP contribution in [0.5, 0.6) is 0 Å². The van der Waals surface area contributed by atoms with E-state index in [-0.39, 0.29) is 17.7 Å². The zero-order valence-corrected chi connectivity index (χ0v) is 13.4. The van der Waals surface area contributed by atoms with Gasteiger partial charge in [-0.3, -0.25) is 4.79 Å². The number of ether oxygens (including phenoxy) is 1. The van der Waals surface area contributed by atoms with E-state index in [0.717, 1.165) is 16.5 Å². The third-order valence-corrected chi connectivity index (χ3v) is 4.09. The molecule has 1 saturated carbocycles. The first-order valence-electron chi connectivity index (χ1n) is 6.51. The van der Waals surface area contributed by atoms with Gasteiger partial charge in [0, 0.05) is 10.4 Å². The molecule has 0 bridgehead atoms. The van der Waals surface area contributed by atoms with E-state index in [4.69, 9.17) is 0 Å². The summed E-state index contributed by atoms with van der Waals surface area (Å²) in [6.07, 6.45) is 0.824. The monoisotopic (exact) mass is 339 g/mol. The second-order valence-corrected chi connectivity index (χ2v) is 6.52. The van der Waals surface area contributed by atoms with Gasteiger partial charge in [-0.25, -0.2) is 4.79 Å². The lowest BCUT2D eigenvalue weighted by atomic mass is 10.0. The predicted octanol–water partition coefficient (Wildman–Crippen LogP) is 2.62. The predicted molar refractivity (Wildman–Crippen MR) is 79.2 cm³/mol. The lowest BCUT2D eigenvalue weighted by molar-refractivity contribution is -0.149. The first-order chi connectivity index (χ1) is 9.35. The van der Waals surface area contributed by atoms with E-state index >= 15 is 0 Å². The molecular formula is C15H18BrNO3. The quantitative estimate of drug-likeness (QED) is 0.858. The van der Waals surface area contributed by atoms with Gasteiger partial charge in [0.05, 0.1) is 7.11 Å². The SMILES string of the molecule is COC(=O)C(C)(C)NC(=O)C1CC1c1ccc(Br)cc1. The fourth-order valence-corrected chi connectivity index (χ4v) is 2.53. The van der Waals surface area contributed by atoms with Gasteiger partial charge in [-0.1, -0.05) is 28.1 Å². The summed E-state index contributed by atoms with van der Waals surface area (Å²) in [5.74, 6) is -0.336. The van der Waals surface area contributed by atoms with Gasteiger partial charge in [0.25, 0.3) is 0 Å². The average molecular weight is 340 g/mol. The van der Waals surface area contributed by atoms with Crippen molar-refractivity contribution in [2.45, 2.75) is 31.7 Å². The Morgan fingerprint density at radius 1 is 1.30 bits per heavy atom. The Labute approximate surface area is 127 Å². The minimum atomic E-state index is -0.987. The van der Waals surface area contributed by atoms with Crippen molar-refractivity contribution in [2.24, 2.45) is 5.92 Å². The van der Waals surface area contributed by atoms with E-state index in [1.165, 1.54) is 7.11 Å². The number of rotatable bonds is 4. The molecular weight excluding hydrogens is 322 g/mol. The Bertz CT molecular complexity index is 524. The summed E-state index contributed by atoms with van der Waals surface area (Å²) in [5, 5.41) is 2.76. The normalized spacial score (nSPS) is 21.2. The minimum Gasteiger partial charge on any atom is -0.467 e. The molecule has 4 nitrogen and oxygen atoms in total. The minimum absolute atomic E-state index is 0.0555. The molecule has 1 amide bonds. The highest BCUT2D eigenvalue weighted by Gasteiger charge is 2.46. The Hall–Kier alpha value is -1.36. The number of halogens is 1. The van der Waals surface area contributed by atoms with Crippen LogP contribution >= 0.6 is 15.9 Å². The van der Waals surface area contributed by atoms with Gasteiger partial charge >= 0.3 is 5.97 Å². The maximum Gasteiger partial charge on any atom is 0.330 e. The van der Waals surface area contributed by atoms with Crippen LogP contribution in [0.15, 0.2) is 28.7 Å². The molecule has 0 aliphatic heterocycles. The summed E-state index contributed by atoms with van der Waals surface area (Å²) < 4.78 is 5.70. The molecule has 1 aromatic rings. The average Bonchev–Trinajstić information content (AvgIpc) is 3.18. The lowest BCUT2D eigenvalue weighted by Gasteiger charge is -2.23. The molecule has 5 heteroatoms. The van der Waals surface area contributed by atoms with E-state index in [1.54, 1.807) is 13.8 Å². The standard InChI is InChI=1S/C15H18BrNO3/c1-15(2,14(19)20-3)17-13(18)12-8-11(12)9-4-6-10(16)7-5-9/h4-7,11-12H,8H2,1-3H3,(H,17,18). The molecule has 2 atom stereocenters. The molecule has 108 valence electrons. The van der Waals surface area contributed by atoms with Gasteiger partial charge in [0.1, 0.15) is 5.54 Å². The zero-order valence-electron chi connectivity index (χ0n) is 11.8. The van der Waals surface area contributed by atoms with Crippen LogP contribution in [-0.2, 0) is 14.3 Å². The molecule has 0 aromatic heterocycles. The molecule has 0 saturated heterocycles. The number of amides is 1. The van der Waals surface area contributed by atoms with Crippen LogP contribution in [0.25, 0.3) is 0 Å². The number of carbonyl (C=O) groups is 2. The number of methoxy groups -OCH3 is 1. The molecule has 0 heterocycles. The smallest absolute Gasteiger partial charge is 0.330 e. The molecule has 2 unspecified atom stereocenters. The summed E-state index contributed by atoms with van der Waals surface area (Å²) in [6.45, 7) is 3.29. The molecule has 2 rings (SSSR count). The van der Waals surface area contributed by atoms with Crippen LogP contribution in [0.3, 0.4) is 0 Å². The highest BCUT2D eigenvalue weighted by atomic mass is 79.9. The van der Waals surface area contributed by atoms with E-state index in [2.05, 4.69) is 26.0 Å². The Morgan fingerprint density at radius 2 is 1.90 bits per heavy atom. The van der Waals surface area contributed by atoms with Crippen LogP contribution in [0.2, 0.25) is 0 Å². The number of hydrogen-bond acceptors (Lipinski definition) is 3. The molecule has 1 fully saturated rings. The van der Waals surface area contributed by atoms with E-state index < -0.39 is 11.5 Å². The molecule has 0 spiro atoms. The second-order valence-electron chi connectivity index (χ2n) is 5.61. The Balaban J connectivity index is 1.96. The van der Waals surface area contributed by atoms with Gasteiger partial charge in [0.2, 0.25) is 5.91 Å². The van der Waals surface area contributed by atoms with Crippen molar-refractivity contribution < 1.29 is 14.3 Å². The van der Waals surface area contributed by atoms with Crippen molar-refractivity contribution in [3.8, 4) is 0 Å². The van der Waals surface area contributed by atoms with Crippen molar-refractivity contribution in [1.29, 1.82) is 0 Å². The van der Waals surface area contributed by atoms with E-state index in [1.807, 2.05) is 24.3 Å². The van der Waals surface area contributed by atoms with E-state index in [9.17, 15) is 9.59 Å². The molecule has 1 N–H and O–H groups in total. The maximum atomic E-state index is 12.2. The first kappa shape index (κ1) is 15.0. The summed E-state index contributed by atoms with van der Waals surface area (Å²) in [7, 11) is 1.32. The summed E-state index contributed by atoms with van der Waals surface area (Å²) >= 11 is 3.39. The zero-order chi connectivity index (χ0) is 14.9. The molecule has 0 radical (unpaired) electrons. The number of nitrogens with one attached hydrogen (secondary N) is 1. The van der Waals surface area contributed by atoms with Crippen LogP contribution in [0, 0.1) is 5.92 Å². The van der Waals surface area contributed by atoms with Crippen molar-refractivity contribution in [1.82, 2.24) is 5.32 Å². The van der Waals surface area contributed by atoms with Crippen molar-refractivity contribution >= 4 is 27.8 Å². The molecule has 1 aliphatic rings. The van der Waals surface area contributed by atoms with Crippen LogP contribution < -0.4 is 5.32 Å². The van der Waals surface area contributed by atoms with Gasteiger partial charge in [-0.15, -0.1) is 0 Å². The maximum absolute atomic E-state index is 12.2. The number of carbonyl (C=O) groups excluding carboxylic acids is 2. The van der Waals surface area contributed by atoms with Gasteiger partial charge < -0.3 is 10.1 Å². The van der Waals surface area contributed by atoms with E-state index in [0.29, 0.717) is 0 Å². The second kappa shape index (κ2) is 5.56. The summed E-state index contributed by atoms with van der Waals surface area (Å²) in [5.41, 5.74) is 0.169.